The zero-order valence-electron chi connectivity index (χ0n) is 9.38. The summed E-state index contributed by atoms with van der Waals surface area (Å²) < 4.78 is 27.1. The van der Waals surface area contributed by atoms with Crippen molar-refractivity contribution in [2.24, 2.45) is 0 Å². The number of pyridine rings is 1. The predicted molar refractivity (Wildman–Crippen MR) is 72.4 cm³/mol. The van der Waals surface area contributed by atoms with E-state index < -0.39 is 10.0 Å². The summed E-state index contributed by atoms with van der Waals surface area (Å²) in [7, 11) is -3.52. The largest absolute Gasteiger partial charge is 0.262 e. The minimum Gasteiger partial charge on any atom is -0.262 e. The van der Waals surface area contributed by atoms with Crippen LogP contribution in [0.5, 0.6) is 0 Å². The molecule has 0 radical (unpaired) electrons. The molecule has 0 atom stereocenters. The molecule has 0 saturated carbocycles. The molecule has 0 saturated heterocycles. The highest BCUT2D eigenvalue weighted by molar-refractivity contribution is 9.10. The minimum absolute atomic E-state index is 0.146. The van der Waals surface area contributed by atoms with Gasteiger partial charge >= 0.3 is 0 Å². The summed E-state index contributed by atoms with van der Waals surface area (Å²) in [5.41, 5.74) is 0.907. The number of sulfonamides is 1. The van der Waals surface area contributed by atoms with Gasteiger partial charge in [0.1, 0.15) is 4.90 Å². The van der Waals surface area contributed by atoms with Crippen LogP contribution in [0.25, 0.3) is 0 Å². The van der Waals surface area contributed by atoms with Crippen LogP contribution in [0, 0.1) is 0 Å². The van der Waals surface area contributed by atoms with Crippen molar-refractivity contribution >= 4 is 26.0 Å². The molecule has 94 valence electrons. The van der Waals surface area contributed by atoms with Crippen LogP contribution < -0.4 is 4.72 Å². The molecule has 0 bridgehead atoms. The highest BCUT2D eigenvalue weighted by Gasteiger charge is 2.14. The Hall–Kier alpha value is -1.24. The van der Waals surface area contributed by atoms with Crippen molar-refractivity contribution in [3.8, 4) is 0 Å². The zero-order chi connectivity index (χ0) is 13.0. The van der Waals surface area contributed by atoms with Gasteiger partial charge in [-0.3, -0.25) is 4.98 Å². The van der Waals surface area contributed by atoms with Crippen LogP contribution in [0.4, 0.5) is 0 Å². The lowest BCUT2D eigenvalue weighted by molar-refractivity contribution is 0.581. The first-order valence-corrected chi connectivity index (χ1v) is 7.50. The quantitative estimate of drug-likeness (QED) is 0.938. The monoisotopic (exact) mass is 326 g/mol. The van der Waals surface area contributed by atoms with Crippen molar-refractivity contribution in [3.63, 3.8) is 0 Å². The van der Waals surface area contributed by atoms with Crippen molar-refractivity contribution in [2.45, 2.75) is 11.4 Å². The van der Waals surface area contributed by atoms with Crippen molar-refractivity contribution in [2.75, 3.05) is 0 Å². The summed E-state index contributed by atoms with van der Waals surface area (Å²) >= 11 is 3.20. The Morgan fingerprint density at radius 1 is 1.17 bits per heavy atom. The van der Waals surface area contributed by atoms with E-state index >= 15 is 0 Å². The van der Waals surface area contributed by atoms with Gasteiger partial charge in [0.05, 0.1) is 0 Å². The van der Waals surface area contributed by atoms with E-state index in [1.165, 1.54) is 18.5 Å². The molecule has 1 N–H and O–H groups in total. The molecule has 2 rings (SSSR count). The maximum absolute atomic E-state index is 12.0. The lowest BCUT2D eigenvalue weighted by Crippen LogP contribution is -2.23. The van der Waals surface area contributed by atoms with Crippen molar-refractivity contribution in [3.05, 3.63) is 58.8 Å². The zero-order valence-corrected chi connectivity index (χ0v) is 11.8. The van der Waals surface area contributed by atoms with E-state index in [9.17, 15) is 8.42 Å². The number of halogens is 1. The summed E-state index contributed by atoms with van der Waals surface area (Å²) in [6, 6.07) is 10.9. The van der Waals surface area contributed by atoms with Crippen LogP contribution >= 0.6 is 15.9 Å². The molecule has 4 nitrogen and oxygen atoms in total. The van der Waals surface area contributed by atoms with Crippen molar-refractivity contribution < 1.29 is 8.42 Å². The van der Waals surface area contributed by atoms with E-state index in [2.05, 4.69) is 25.6 Å². The first-order chi connectivity index (χ1) is 8.58. The fourth-order valence-electron chi connectivity index (χ4n) is 1.40. The Balaban J connectivity index is 2.13. The molecule has 1 aromatic carbocycles. The third kappa shape index (κ3) is 3.38. The fraction of sp³-hybridized carbons (Fsp3) is 0.0833. The number of hydrogen-bond donors (Lipinski definition) is 1. The molecular weight excluding hydrogens is 316 g/mol. The topological polar surface area (TPSA) is 59.1 Å². The second-order valence-electron chi connectivity index (χ2n) is 3.65. The molecule has 1 heterocycles. The number of nitrogens with one attached hydrogen (secondary N) is 1. The molecule has 0 spiro atoms. The first-order valence-electron chi connectivity index (χ1n) is 5.22. The number of nitrogens with zero attached hydrogens (tertiary/aromatic N) is 1. The molecule has 0 fully saturated rings. The van der Waals surface area contributed by atoms with E-state index in [1.54, 1.807) is 0 Å². The SMILES string of the molecule is O=S(=O)(NCc1ccccc1)c1cncc(Br)c1. The Bertz CT molecular complexity index is 630. The van der Waals surface area contributed by atoms with Crippen molar-refractivity contribution in [1.82, 2.24) is 9.71 Å². The number of aromatic nitrogens is 1. The normalized spacial score (nSPS) is 11.4. The van der Waals surface area contributed by atoms with Gasteiger partial charge < -0.3 is 0 Å². The van der Waals surface area contributed by atoms with Gasteiger partial charge in [-0.05, 0) is 27.6 Å². The van der Waals surface area contributed by atoms with Crippen LogP contribution in [0.15, 0.2) is 58.2 Å². The lowest BCUT2D eigenvalue weighted by Gasteiger charge is -2.06. The highest BCUT2D eigenvalue weighted by Crippen LogP contribution is 2.14. The Morgan fingerprint density at radius 3 is 2.56 bits per heavy atom. The van der Waals surface area contributed by atoms with E-state index in [-0.39, 0.29) is 11.4 Å². The maximum Gasteiger partial charge on any atom is 0.242 e. The third-order valence-corrected chi connectivity index (χ3v) is 4.10. The Morgan fingerprint density at radius 2 is 1.89 bits per heavy atom. The van der Waals surface area contributed by atoms with Gasteiger partial charge in [-0.25, -0.2) is 13.1 Å². The minimum atomic E-state index is -3.52. The molecule has 6 heteroatoms. The van der Waals surface area contributed by atoms with Crippen LogP contribution in [-0.4, -0.2) is 13.4 Å². The molecule has 0 aliphatic carbocycles. The molecule has 18 heavy (non-hydrogen) atoms. The van der Waals surface area contributed by atoms with Gasteiger partial charge in [-0.15, -0.1) is 0 Å². The fourth-order valence-corrected chi connectivity index (χ4v) is 2.92. The number of rotatable bonds is 4. The summed E-state index contributed by atoms with van der Waals surface area (Å²) in [6.45, 7) is 0.260. The Labute approximate surface area is 114 Å². The number of hydrogen-bond acceptors (Lipinski definition) is 3. The van der Waals surface area contributed by atoms with Crippen molar-refractivity contribution in [1.29, 1.82) is 0 Å². The average Bonchev–Trinajstić information content (AvgIpc) is 2.38. The second-order valence-corrected chi connectivity index (χ2v) is 6.33. The first kappa shape index (κ1) is 13.2. The molecule has 0 aliphatic heterocycles. The van der Waals surface area contributed by atoms with Gasteiger partial charge in [-0.1, -0.05) is 30.3 Å². The second kappa shape index (κ2) is 5.60. The lowest BCUT2D eigenvalue weighted by atomic mass is 10.2. The predicted octanol–water partition coefficient (Wildman–Crippen LogP) is 2.32. The number of benzene rings is 1. The summed E-state index contributed by atoms with van der Waals surface area (Å²) in [5, 5.41) is 0. The van der Waals surface area contributed by atoms with Gasteiger partial charge in [0.15, 0.2) is 0 Å². The van der Waals surface area contributed by atoms with E-state index in [4.69, 9.17) is 0 Å². The molecule has 1 aromatic heterocycles. The highest BCUT2D eigenvalue weighted by atomic mass is 79.9. The summed E-state index contributed by atoms with van der Waals surface area (Å²) in [4.78, 5) is 3.99. The molecular formula is C12H11BrN2O2S. The van der Waals surface area contributed by atoms with Gasteiger partial charge in [0.25, 0.3) is 0 Å². The molecule has 0 unspecified atom stereocenters. The standard InChI is InChI=1S/C12H11BrN2O2S/c13-11-6-12(9-14-8-11)18(16,17)15-7-10-4-2-1-3-5-10/h1-6,8-9,15H,7H2. The maximum atomic E-state index is 12.0. The smallest absolute Gasteiger partial charge is 0.242 e. The van der Waals surface area contributed by atoms with Gasteiger partial charge in [0, 0.05) is 23.4 Å². The van der Waals surface area contributed by atoms with Crippen LogP contribution in [-0.2, 0) is 16.6 Å². The molecule has 0 amide bonds. The van der Waals surface area contributed by atoms with Gasteiger partial charge in [-0.2, -0.15) is 0 Å². The van der Waals surface area contributed by atoms with Crippen LogP contribution in [0.2, 0.25) is 0 Å². The summed E-state index contributed by atoms with van der Waals surface area (Å²) in [5.74, 6) is 0. The van der Waals surface area contributed by atoms with Gasteiger partial charge in [0.2, 0.25) is 10.0 Å². The summed E-state index contributed by atoms with van der Waals surface area (Å²) in [6.07, 6.45) is 2.86. The molecule has 2 aromatic rings. The Kier molecular flexibility index (Phi) is 4.11. The molecule has 0 aliphatic rings. The van der Waals surface area contributed by atoms with E-state index in [0.717, 1.165) is 5.56 Å². The van der Waals surface area contributed by atoms with E-state index in [1.807, 2.05) is 30.3 Å². The average molecular weight is 327 g/mol. The third-order valence-electron chi connectivity index (χ3n) is 2.30. The van der Waals surface area contributed by atoms with Crippen LogP contribution in [0.1, 0.15) is 5.56 Å². The van der Waals surface area contributed by atoms with E-state index in [0.29, 0.717) is 4.47 Å². The van der Waals surface area contributed by atoms with Crippen LogP contribution in [0.3, 0.4) is 0 Å².